The minimum atomic E-state index is -0.645. The summed E-state index contributed by atoms with van der Waals surface area (Å²) in [5, 5.41) is 18.4. The van der Waals surface area contributed by atoms with E-state index in [9.17, 15) is 19.2 Å². The van der Waals surface area contributed by atoms with E-state index in [1.807, 2.05) is 54.3 Å². The van der Waals surface area contributed by atoms with Crippen molar-refractivity contribution >= 4 is 46.8 Å². The van der Waals surface area contributed by atoms with Crippen LogP contribution in [0.4, 0.5) is 23.1 Å². The second kappa shape index (κ2) is 18.7. The summed E-state index contributed by atoms with van der Waals surface area (Å²) in [6.07, 6.45) is 14.3. The van der Waals surface area contributed by atoms with Crippen molar-refractivity contribution in [3.8, 4) is 23.1 Å². The van der Waals surface area contributed by atoms with Gasteiger partial charge in [0.1, 0.15) is 23.5 Å². The molecule has 2 saturated carbocycles. The van der Waals surface area contributed by atoms with Gasteiger partial charge in [0.2, 0.25) is 23.7 Å². The number of anilines is 4. The van der Waals surface area contributed by atoms with Gasteiger partial charge in [0, 0.05) is 67.4 Å². The van der Waals surface area contributed by atoms with Crippen LogP contribution in [0.5, 0.6) is 0 Å². The maximum absolute atomic E-state index is 13.3. The molecular formula is C47H55N11O5. The smallest absolute Gasteiger partial charge is 0.255 e. The molecule has 3 fully saturated rings. The third-order valence-corrected chi connectivity index (χ3v) is 13.3. The van der Waals surface area contributed by atoms with E-state index in [-0.39, 0.29) is 30.2 Å². The Morgan fingerprint density at radius 2 is 1.75 bits per heavy atom. The first-order valence-electron chi connectivity index (χ1n) is 22.5. The zero-order valence-electron chi connectivity index (χ0n) is 36.0. The Morgan fingerprint density at radius 1 is 0.937 bits per heavy atom. The summed E-state index contributed by atoms with van der Waals surface area (Å²) in [4.78, 5) is 65.4. The molecule has 328 valence electrons. The van der Waals surface area contributed by atoms with E-state index in [1.54, 1.807) is 22.1 Å². The van der Waals surface area contributed by atoms with E-state index in [0.717, 1.165) is 91.1 Å². The van der Waals surface area contributed by atoms with E-state index in [1.165, 1.54) is 12.8 Å². The minimum Gasteiger partial charge on any atom is -0.379 e. The van der Waals surface area contributed by atoms with Gasteiger partial charge in [-0.3, -0.25) is 24.5 Å². The molecule has 63 heavy (non-hydrogen) atoms. The van der Waals surface area contributed by atoms with E-state index >= 15 is 0 Å². The van der Waals surface area contributed by atoms with Crippen LogP contribution in [0.3, 0.4) is 0 Å². The number of nitrogens with zero attached hydrogens (tertiary/aromatic N) is 8. The topological polar surface area (TPSA) is 180 Å². The highest BCUT2D eigenvalue weighted by atomic mass is 16.5. The summed E-state index contributed by atoms with van der Waals surface area (Å²) in [6.45, 7) is 4.25. The number of carbonyl (C=O) groups is 4. The molecule has 5 heterocycles. The van der Waals surface area contributed by atoms with Gasteiger partial charge in [0.05, 0.1) is 31.6 Å². The monoisotopic (exact) mass is 853 g/mol. The van der Waals surface area contributed by atoms with Crippen molar-refractivity contribution in [2.24, 2.45) is 0 Å². The Hall–Kier alpha value is -6.18. The Balaban J connectivity index is 0.701. The molecule has 4 aromatic rings. The Morgan fingerprint density at radius 3 is 2.52 bits per heavy atom. The zero-order chi connectivity index (χ0) is 43.5. The Bertz CT molecular complexity index is 2410. The van der Waals surface area contributed by atoms with Crippen molar-refractivity contribution < 1.29 is 23.9 Å². The summed E-state index contributed by atoms with van der Waals surface area (Å²) in [6, 6.07) is 13.7. The maximum atomic E-state index is 13.3. The molecule has 2 aromatic heterocycles. The SMILES string of the molecule is CC[C@@H]1C(=O)N(C)c2cnc(Nc3ccc(-c4cn([C@H]5CC[C@@H](NCCOCCC#Cc6cccc7c6CN(C6CCC(=O)NC6=O)C7=O)CC5)nn4)cc3)nc2N1C1CCCC1. The van der Waals surface area contributed by atoms with Gasteiger partial charge in [-0.15, -0.1) is 5.10 Å². The number of amides is 4. The number of aromatic nitrogens is 5. The molecule has 16 nitrogen and oxygen atoms in total. The van der Waals surface area contributed by atoms with E-state index in [0.29, 0.717) is 62.2 Å². The van der Waals surface area contributed by atoms with Gasteiger partial charge in [0.15, 0.2) is 5.82 Å². The van der Waals surface area contributed by atoms with Crippen molar-refractivity contribution in [1.82, 2.24) is 40.5 Å². The Kier molecular flexibility index (Phi) is 12.5. The molecule has 0 radical (unpaired) electrons. The molecule has 9 rings (SSSR count). The fraction of sp³-hybridized carbons (Fsp3) is 0.489. The number of hydrogen-bond donors (Lipinski definition) is 3. The molecule has 5 aliphatic rings. The highest BCUT2D eigenvalue weighted by Gasteiger charge is 2.42. The van der Waals surface area contributed by atoms with Gasteiger partial charge >= 0.3 is 0 Å². The van der Waals surface area contributed by atoms with E-state index in [4.69, 9.17) is 9.72 Å². The highest BCUT2D eigenvalue weighted by molar-refractivity contribution is 6.06. The van der Waals surface area contributed by atoms with E-state index < -0.39 is 11.9 Å². The molecule has 0 spiro atoms. The first kappa shape index (κ1) is 42.1. The third kappa shape index (κ3) is 8.90. The van der Waals surface area contributed by atoms with Crippen LogP contribution in [0.25, 0.3) is 11.3 Å². The maximum Gasteiger partial charge on any atom is 0.255 e. The first-order valence-corrected chi connectivity index (χ1v) is 22.5. The molecule has 2 atom stereocenters. The summed E-state index contributed by atoms with van der Waals surface area (Å²) in [5.74, 6) is 6.90. The van der Waals surface area contributed by atoms with Crippen molar-refractivity contribution in [2.75, 3.05) is 41.9 Å². The molecule has 16 heteroatoms. The minimum absolute atomic E-state index is 0.104. The molecule has 2 aromatic carbocycles. The molecule has 2 aliphatic carbocycles. The average Bonchev–Trinajstić information content (AvgIpc) is 4.09. The Labute approximate surface area is 367 Å². The van der Waals surface area contributed by atoms with Crippen LogP contribution >= 0.6 is 0 Å². The normalized spacial score (nSPS) is 22.5. The van der Waals surface area contributed by atoms with Crippen molar-refractivity contribution in [3.05, 3.63) is 71.5 Å². The molecule has 1 saturated heterocycles. The zero-order valence-corrected chi connectivity index (χ0v) is 36.0. The lowest BCUT2D eigenvalue weighted by molar-refractivity contribution is -0.137. The average molecular weight is 854 g/mol. The van der Waals surface area contributed by atoms with Gasteiger partial charge in [-0.2, -0.15) is 4.98 Å². The quantitative estimate of drug-likeness (QED) is 0.0903. The number of nitrogens with one attached hydrogen (secondary N) is 3. The van der Waals surface area contributed by atoms with Gasteiger partial charge in [0.25, 0.3) is 5.91 Å². The van der Waals surface area contributed by atoms with Crippen molar-refractivity contribution in [2.45, 2.75) is 121 Å². The molecule has 0 bridgehead atoms. The number of rotatable bonds is 13. The predicted octanol–water partition coefficient (Wildman–Crippen LogP) is 5.28. The lowest BCUT2D eigenvalue weighted by atomic mass is 9.91. The fourth-order valence-electron chi connectivity index (χ4n) is 9.85. The van der Waals surface area contributed by atoms with Crippen LogP contribution in [0, 0.1) is 11.8 Å². The van der Waals surface area contributed by atoms with Crippen LogP contribution in [-0.2, 0) is 25.7 Å². The predicted molar refractivity (Wildman–Crippen MR) is 237 cm³/mol. The van der Waals surface area contributed by atoms with Crippen LogP contribution in [0.1, 0.15) is 112 Å². The number of likely N-dealkylation sites (N-methyl/N-ethyl adjacent to an activating group) is 1. The van der Waals surface area contributed by atoms with Gasteiger partial charge < -0.3 is 30.1 Å². The molecule has 4 amide bonds. The third-order valence-electron chi connectivity index (χ3n) is 13.3. The van der Waals surface area contributed by atoms with Gasteiger partial charge in [-0.05, 0) is 81.2 Å². The molecular weight excluding hydrogens is 799 g/mol. The summed E-state index contributed by atoms with van der Waals surface area (Å²) >= 11 is 0. The van der Waals surface area contributed by atoms with E-state index in [2.05, 4.69) is 54.9 Å². The molecule has 1 unspecified atom stereocenters. The van der Waals surface area contributed by atoms with Crippen LogP contribution in [0.2, 0.25) is 0 Å². The van der Waals surface area contributed by atoms with Crippen LogP contribution < -0.4 is 25.8 Å². The second-order valence-electron chi connectivity index (χ2n) is 17.2. The molecule has 3 N–H and O–H groups in total. The first-order chi connectivity index (χ1) is 30.7. The second-order valence-corrected chi connectivity index (χ2v) is 17.2. The van der Waals surface area contributed by atoms with Crippen LogP contribution in [0.15, 0.2) is 54.9 Å². The van der Waals surface area contributed by atoms with Gasteiger partial charge in [-0.1, -0.05) is 55.0 Å². The standard InChI is InChI=1S/C47H55N11O5/c1-3-39-46(62)55(2)41-27-49-47(52-43(41)58(39)35-11-4-5-12-35)50-33-16-14-31(15-17-33)38-29-57(54-53-38)34-20-18-32(19-21-34)48-24-26-63-25-7-6-9-30-10-8-13-36-37(30)28-56(45(36)61)40-22-23-42(59)51-44(40)60/h8,10,13-17,27,29,32,34-35,39-40,48H,3-5,7,11-12,18-26,28H2,1-2H3,(H,49,50,52)(H,51,59,60)/t32-,34+,39-,40?/m1/s1. The van der Waals surface area contributed by atoms with Gasteiger partial charge in [-0.25, -0.2) is 9.67 Å². The highest BCUT2D eigenvalue weighted by Crippen LogP contribution is 2.40. The lowest BCUT2D eigenvalue weighted by Crippen LogP contribution is -2.55. The summed E-state index contributed by atoms with van der Waals surface area (Å²) in [7, 11) is 1.82. The van der Waals surface area contributed by atoms with Crippen molar-refractivity contribution in [3.63, 3.8) is 0 Å². The largest absolute Gasteiger partial charge is 0.379 e. The number of piperidine rings is 1. The lowest BCUT2D eigenvalue weighted by Gasteiger charge is -2.43. The number of carbonyl (C=O) groups excluding carboxylic acids is 4. The van der Waals surface area contributed by atoms with Crippen LogP contribution in [-0.4, -0.2) is 104 Å². The number of imide groups is 1. The number of fused-ring (bicyclic) bond motifs is 2. The molecule has 3 aliphatic heterocycles. The summed E-state index contributed by atoms with van der Waals surface area (Å²) < 4.78 is 7.89. The summed E-state index contributed by atoms with van der Waals surface area (Å²) in [5.41, 5.74) is 5.60. The number of hydrogen-bond acceptors (Lipinski definition) is 12. The number of benzene rings is 2. The number of ether oxygens (including phenoxy) is 1. The fourth-order valence-corrected chi connectivity index (χ4v) is 9.85. The van der Waals surface area contributed by atoms with Crippen molar-refractivity contribution in [1.29, 1.82) is 0 Å².